The summed E-state index contributed by atoms with van der Waals surface area (Å²) in [5, 5.41) is 9.86. The van der Waals surface area contributed by atoms with Gasteiger partial charge >= 0.3 is 0 Å². The Labute approximate surface area is 97.3 Å². The molecule has 0 saturated heterocycles. The molecule has 0 saturated carbocycles. The van der Waals surface area contributed by atoms with Crippen LogP contribution in [0.2, 0.25) is 0 Å². The van der Waals surface area contributed by atoms with Crippen molar-refractivity contribution in [2.24, 2.45) is 5.92 Å². The number of aliphatic hydroxyl groups excluding tert-OH is 1. The molecule has 0 aromatic heterocycles. The Morgan fingerprint density at radius 2 is 1.94 bits per heavy atom. The molecular formula is C14H20O2. The van der Waals surface area contributed by atoms with Crippen LogP contribution in [0.3, 0.4) is 0 Å². The second-order valence-electron chi connectivity index (χ2n) is 4.23. The minimum Gasteiger partial charge on any atom is -0.392 e. The van der Waals surface area contributed by atoms with Gasteiger partial charge in [-0.25, -0.2) is 0 Å². The zero-order chi connectivity index (χ0) is 12.0. The van der Waals surface area contributed by atoms with Gasteiger partial charge in [0.1, 0.15) is 0 Å². The summed E-state index contributed by atoms with van der Waals surface area (Å²) in [4.78, 5) is 12.0. The average molecular weight is 220 g/mol. The quantitative estimate of drug-likeness (QED) is 0.748. The summed E-state index contributed by atoms with van der Waals surface area (Å²) < 4.78 is 0. The van der Waals surface area contributed by atoms with Crippen LogP contribution in [0.1, 0.15) is 43.5 Å². The third-order valence-electron chi connectivity index (χ3n) is 2.90. The van der Waals surface area contributed by atoms with Crippen LogP contribution >= 0.6 is 0 Å². The van der Waals surface area contributed by atoms with Gasteiger partial charge in [0.25, 0.3) is 0 Å². The summed E-state index contributed by atoms with van der Waals surface area (Å²) in [6.45, 7) is 3.88. The molecule has 0 aliphatic rings. The van der Waals surface area contributed by atoms with E-state index in [1.807, 2.05) is 18.2 Å². The fraction of sp³-hybridized carbons (Fsp3) is 0.500. The Bertz CT molecular complexity index is 319. The number of carbonyl (C=O) groups excluding carboxylic acids is 1. The maximum atomic E-state index is 12.0. The molecule has 0 unspecified atom stereocenters. The number of rotatable bonds is 6. The van der Waals surface area contributed by atoms with Crippen LogP contribution in [0.5, 0.6) is 0 Å². The zero-order valence-electron chi connectivity index (χ0n) is 10.0. The topological polar surface area (TPSA) is 37.3 Å². The number of ketones is 1. The first-order valence-electron chi connectivity index (χ1n) is 5.94. The highest BCUT2D eigenvalue weighted by molar-refractivity contribution is 5.97. The van der Waals surface area contributed by atoms with Crippen molar-refractivity contribution in [1.29, 1.82) is 0 Å². The Hall–Kier alpha value is -1.15. The van der Waals surface area contributed by atoms with Crippen LogP contribution in [-0.4, -0.2) is 17.0 Å². The molecule has 0 radical (unpaired) electrons. The second-order valence-corrected chi connectivity index (χ2v) is 4.23. The van der Waals surface area contributed by atoms with Gasteiger partial charge in [-0.3, -0.25) is 4.79 Å². The monoisotopic (exact) mass is 220 g/mol. The lowest BCUT2D eigenvalue weighted by Gasteiger charge is -2.17. The lowest BCUT2D eigenvalue weighted by molar-refractivity contribution is 0.0684. The molecule has 2 atom stereocenters. The maximum Gasteiger partial charge on any atom is 0.168 e. The molecule has 1 aromatic rings. The van der Waals surface area contributed by atoms with Gasteiger partial charge < -0.3 is 5.11 Å². The molecule has 0 fully saturated rings. The predicted octanol–water partition coefficient (Wildman–Crippen LogP) is 3.06. The largest absolute Gasteiger partial charge is 0.392 e. The molecule has 0 aliphatic carbocycles. The van der Waals surface area contributed by atoms with Gasteiger partial charge in [-0.1, -0.05) is 57.0 Å². The molecule has 88 valence electrons. The maximum absolute atomic E-state index is 12.0. The highest BCUT2D eigenvalue weighted by Gasteiger charge is 2.22. The summed E-state index contributed by atoms with van der Waals surface area (Å²) in [5.74, 6) is -0.279. The van der Waals surface area contributed by atoms with Crippen molar-refractivity contribution in [3.8, 4) is 0 Å². The highest BCUT2D eigenvalue weighted by atomic mass is 16.3. The van der Waals surface area contributed by atoms with Crippen LogP contribution < -0.4 is 0 Å². The average Bonchev–Trinajstić information content (AvgIpc) is 2.35. The first kappa shape index (κ1) is 12.9. The first-order chi connectivity index (χ1) is 7.66. The lowest BCUT2D eigenvalue weighted by atomic mass is 9.91. The van der Waals surface area contributed by atoms with E-state index in [0.29, 0.717) is 12.0 Å². The fourth-order valence-corrected chi connectivity index (χ4v) is 1.70. The first-order valence-corrected chi connectivity index (χ1v) is 5.94. The molecule has 0 amide bonds. The number of unbranched alkanes of at least 4 members (excludes halogenated alkanes) is 1. The molecule has 1 N–H and O–H groups in total. The van der Waals surface area contributed by atoms with Crippen molar-refractivity contribution < 1.29 is 9.90 Å². The summed E-state index contributed by atoms with van der Waals surface area (Å²) in [6.07, 6.45) is 2.19. The van der Waals surface area contributed by atoms with Crippen LogP contribution in [0, 0.1) is 5.92 Å². The number of benzene rings is 1. The van der Waals surface area contributed by atoms with Gasteiger partial charge in [0.15, 0.2) is 5.78 Å². The van der Waals surface area contributed by atoms with Crippen LogP contribution in [0.4, 0.5) is 0 Å². The molecule has 1 rings (SSSR count). The Balaban J connectivity index is 2.60. The van der Waals surface area contributed by atoms with Gasteiger partial charge in [0.05, 0.1) is 6.10 Å². The van der Waals surface area contributed by atoms with Gasteiger partial charge in [-0.2, -0.15) is 0 Å². The molecule has 0 bridgehead atoms. The zero-order valence-corrected chi connectivity index (χ0v) is 10.0. The lowest BCUT2D eigenvalue weighted by Crippen LogP contribution is -2.25. The SMILES string of the molecule is CCCC[C@@H](O)[C@H](C)C(=O)c1ccccc1. The smallest absolute Gasteiger partial charge is 0.168 e. The van der Waals surface area contributed by atoms with E-state index in [2.05, 4.69) is 6.92 Å². The number of hydrogen-bond acceptors (Lipinski definition) is 2. The molecule has 0 heterocycles. The van der Waals surface area contributed by atoms with Crippen molar-refractivity contribution >= 4 is 5.78 Å². The number of carbonyl (C=O) groups is 1. The van der Waals surface area contributed by atoms with Crippen LogP contribution in [0.15, 0.2) is 30.3 Å². The van der Waals surface area contributed by atoms with E-state index in [-0.39, 0.29) is 11.7 Å². The summed E-state index contributed by atoms with van der Waals surface area (Å²) in [7, 11) is 0. The van der Waals surface area contributed by atoms with Gasteiger partial charge in [0, 0.05) is 11.5 Å². The van der Waals surface area contributed by atoms with E-state index in [9.17, 15) is 9.90 Å². The van der Waals surface area contributed by atoms with Crippen molar-refractivity contribution in [2.45, 2.75) is 39.2 Å². The van der Waals surface area contributed by atoms with Crippen molar-refractivity contribution in [1.82, 2.24) is 0 Å². The van der Waals surface area contributed by atoms with E-state index >= 15 is 0 Å². The molecule has 0 aliphatic heterocycles. The molecule has 0 spiro atoms. The highest BCUT2D eigenvalue weighted by Crippen LogP contribution is 2.16. The van der Waals surface area contributed by atoms with Crippen LogP contribution in [-0.2, 0) is 0 Å². The predicted molar refractivity (Wildman–Crippen MR) is 65.5 cm³/mol. The number of aliphatic hydroxyl groups is 1. The molecule has 1 aromatic carbocycles. The third kappa shape index (κ3) is 3.46. The van der Waals surface area contributed by atoms with E-state index in [1.165, 1.54) is 0 Å². The minimum absolute atomic E-state index is 0.0317. The van der Waals surface area contributed by atoms with E-state index in [0.717, 1.165) is 12.8 Å². The van der Waals surface area contributed by atoms with Gasteiger partial charge in [-0.05, 0) is 6.42 Å². The Morgan fingerprint density at radius 1 is 1.31 bits per heavy atom. The third-order valence-corrected chi connectivity index (χ3v) is 2.90. The van der Waals surface area contributed by atoms with Crippen molar-refractivity contribution in [2.75, 3.05) is 0 Å². The van der Waals surface area contributed by atoms with Crippen molar-refractivity contribution in [3.63, 3.8) is 0 Å². The summed E-state index contributed by atoms with van der Waals surface area (Å²) in [5.41, 5.74) is 0.686. The van der Waals surface area contributed by atoms with Crippen molar-refractivity contribution in [3.05, 3.63) is 35.9 Å². The second kappa shape index (κ2) is 6.44. The molecule has 2 nitrogen and oxygen atoms in total. The molecule has 2 heteroatoms. The number of hydrogen-bond donors (Lipinski definition) is 1. The minimum atomic E-state index is -0.521. The Morgan fingerprint density at radius 3 is 2.50 bits per heavy atom. The van der Waals surface area contributed by atoms with E-state index in [4.69, 9.17) is 0 Å². The normalized spacial score (nSPS) is 14.4. The van der Waals surface area contributed by atoms with Gasteiger partial charge in [0.2, 0.25) is 0 Å². The Kier molecular flexibility index (Phi) is 5.20. The molecular weight excluding hydrogens is 200 g/mol. The van der Waals surface area contributed by atoms with E-state index in [1.54, 1.807) is 19.1 Å². The van der Waals surface area contributed by atoms with E-state index < -0.39 is 6.10 Å². The summed E-state index contributed by atoms with van der Waals surface area (Å²) >= 11 is 0. The van der Waals surface area contributed by atoms with Gasteiger partial charge in [-0.15, -0.1) is 0 Å². The van der Waals surface area contributed by atoms with Crippen LogP contribution in [0.25, 0.3) is 0 Å². The fourth-order valence-electron chi connectivity index (χ4n) is 1.70. The number of Topliss-reactive ketones (excluding diaryl/α,β-unsaturated/α-hetero) is 1. The standard InChI is InChI=1S/C14H20O2/c1-3-4-10-13(15)11(2)14(16)12-8-6-5-7-9-12/h5-9,11,13,15H,3-4,10H2,1-2H3/t11-,13+/m0/s1. The molecule has 16 heavy (non-hydrogen) atoms. The summed E-state index contributed by atoms with van der Waals surface area (Å²) in [6, 6.07) is 9.17.